The molecule has 29 heavy (non-hydrogen) atoms. The number of H-pyrrole nitrogens is 1. The molecule has 0 saturated carbocycles. The molecule has 0 bridgehead atoms. The summed E-state index contributed by atoms with van der Waals surface area (Å²) in [4.78, 5) is 40.1. The van der Waals surface area contributed by atoms with Crippen molar-refractivity contribution in [1.29, 1.82) is 0 Å². The minimum Gasteiger partial charge on any atom is -0.478 e. The predicted molar refractivity (Wildman–Crippen MR) is 112 cm³/mol. The highest BCUT2D eigenvalue weighted by Crippen LogP contribution is 2.22. The van der Waals surface area contributed by atoms with E-state index in [1.165, 1.54) is 6.20 Å². The van der Waals surface area contributed by atoms with Crippen molar-refractivity contribution in [2.45, 2.75) is 0 Å². The molecule has 0 aliphatic rings. The highest BCUT2D eigenvalue weighted by Gasteiger charge is 2.12. The van der Waals surface area contributed by atoms with Crippen molar-refractivity contribution in [2.75, 3.05) is 36.2 Å². The first-order valence-corrected chi connectivity index (χ1v) is 8.80. The molecule has 150 valence electrons. The van der Waals surface area contributed by atoms with Gasteiger partial charge in [-0.25, -0.2) is 9.59 Å². The molecule has 0 fully saturated rings. The first-order chi connectivity index (χ1) is 13.8. The van der Waals surface area contributed by atoms with Crippen LogP contribution in [0, 0.1) is 0 Å². The number of hydrogen-bond acceptors (Lipinski definition) is 4. The second kappa shape index (κ2) is 8.34. The molecule has 0 spiro atoms. The number of aromatic carboxylic acids is 1. The number of carbonyl (C=O) groups excluding carboxylic acids is 2. The first-order valence-electron chi connectivity index (χ1n) is 8.80. The largest absolute Gasteiger partial charge is 0.478 e. The van der Waals surface area contributed by atoms with Crippen molar-refractivity contribution in [3.8, 4) is 0 Å². The Labute approximate surface area is 166 Å². The number of carboxylic acid groups (broad SMARTS) is 1. The van der Waals surface area contributed by atoms with E-state index in [9.17, 15) is 19.5 Å². The molecule has 0 saturated heterocycles. The highest BCUT2D eigenvalue weighted by molar-refractivity contribution is 6.05. The lowest BCUT2D eigenvalue weighted by molar-refractivity contribution is -0.115. The summed E-state index contributed by atoms with van der Waals surface area (Å²) in [5.41, 5.74) is 2.81. The number of fused-ring (bicyclic) bond motifs is 1. The van der Waals surface area contributed by atoms with Crippen molar-refractivity contribution in [3.05, 3.63) is 54.2 Å². The van der Waals surface area contributed by atoms with Gasteiger partial charge in [0.05, 0.1) is 12.1 Å². The summed E-state index contributed by atoms with van der Waals surface area (Å²) in [6, 6.07) is 11.6. The fourth-order valence-corrected chi connectivity index (χ4v) is 2.76. The fourth-order valence-electron chi connectivity index (χ4n) is 2.76. The molecule has 1 heterocycles. The summed E-state index contributed by atoms with van der Waals surface area (Å²) < 4.78 is 0. The van der Waals surface area contributed by atoms with Gasteiger partial charge in [0.25, 0.3) is 0 Å². The van der Waals surface area contributed by atoms with E-state index in [1.807, 2.05) is 31.1 Å². The lowest BCUT2D eigenvalue weighted by Crippen LogP contribution is -2.35. The van der Waals surface area contributed by atoms with Gasteiger partial charge in [0.2, 0.25) is 5.91 Å². The third-order valence-corrected chi connectivity index (χ3v) is 4.25. The Morgan fingerprint density at radius 3 is 2.34 bits per heavy atom. The maximum absolute atomic E-state index is 12.1. The van der Waals surface area contributed by atoms with Gasteiger partial charge < -0.3 is 30.9 Å². The molecule has 3 aromatic rings. The third kappa shape index (κ3) is 4.83. The van der Waals surface area contributed by atoms with Crippen molar-refractivity contribution in [2.24, 2.45) is 0 Å². The zero-order valence-electron chi connectivity index (χ0n) is 15.9. The van der Waals surface area contributed by atoms with Crippen LogP contribution < -0.4 is 20.9 Å². The summed E-state index contributed by atoms with van der Waals surface area (Å²) in [5.74, 6) is -1.49. The zero-order valence-corrected chi connectivity index (χ0v) is 15.9. The Hall–Kier alpha value is -4.01. The number of hydrogen-bond donors (Lipinski definition) is 5. The lowest BCUT2D eigenvalue weighted by atomic mass is 10.1. The normalized spacial score (nSPS) is 10.4. The van der Waals surface area contributed by atoms with E-state index in [1.54, 1.807) is 30.3 Å². The van der Waals surface area contributed by atoms with Gasteiger partial charge in [-0.05, 0) is 42.5 Å². The second-order valence-electron chi connectivity index (χ2n) is 6.57. The van der Waals surface area contributed by atoms with Crippen LogP contribution in [0.5, 0.6) is 0 Å². The van der Waals surface area contributed by atoms with E-state index in [0.717, 1.165) is 5.69 Å². The van der Waals surface area contributed by atoms with E-state index >= 15 is 0 Å². The minimum atomic E-state index is -1.06. The Balaban J connectivity index is 1.54. The van der Waals surface area contributed by atoms with Gasteiger partial charge in [-0.15, -0.1) is 0 Å². The number of nitrogens with zero attached hydrogens (tertiary/aromatic N) is 1. The van der Waals surface area contributed by atoms with Gasteiger partial charge >= 0.3 is 12.0 Å². The van der Waals surface area contributed by atoms with Crippen LogP contribution in [-0.2, 0) is 4.79 Å². The van der Waals surface area contributed by atoms with Crippen LogP contribution in [0.25, 0.3) is 10.9 Å². The molecule has 3 rings (SSSR count). The van der Waals surface area contributed by atoms with Crippen molar-refractivity contribution in [1.82, 2.24) is 10.3 Å². The van der Waals surface area contributed by atoms with Crippen molar-refractivity contribution < 1.29 is 19.5 Å². The molecule has 0 unspecified atom stereocenters. The molecule has 3 amide bonds. The van der Waals surface area contributed by atoms with Gasteiger partial charge in [0.1, 0.15) is 0 Å². The molecule has 0 aliphatic heterocycles. The Morgan fingerprint density at radius 2 is 1.69 bits per heavy atom. The monoisotopic (exact) mass is 395 g/mol. The van der Waals surface area contributed by atoms with E-state index in [-0.39, 0.29) is 12.1 Å². The van der Waals surface area contributed by atoms with Gasteiger partial charge in [-0.2, -0.15) is 0 Å². The fraction of sp³-hybridized carbons (Fsp3) is 0.150. The second-order valence-corrected chi connectivity index (χ2v) is 6.57. The first kappa shape index (κ1) is 19.7. The van der Waals surface area contributed by atoms with Crippen LogP contribution in [0.3, 0.4) is 0 Å². The van der Waals surface area contributed by atoms with Crippen LogP contribution >= 0.6 is 0 Å². The van der Waals surface area contributed by atoms with Gasteiger partial charge in [0.15, 0.2) is 0 Å². The van der Waals surface area contributed by atoms with Crippen molar-refractivity contribution in [3.63, 3.8) is 0 Å². The summed E-state index contributed by atoms with van der Waals surface area (Å²) in [7, 11) is 3.84. The number of aromatic amines is 1. The quantitative estimate of drug-likeness (QED) is 0.439. The third-order valence-electron chi connectivity index (χ3n) is 4.25. The number of aromatic nitrogens is 1. The number of benzene rings is 2. The average Bonchev–Trinajstić information content (AvgIpc) is 3.10. The van der Waals surface area contributed by atoms with E-state index in [0.29, 0.717) is 22.3 Å². The molecule has 0 radical (unpaired) electrons. The van der Waals surface area contributed by atoms with Crippen LogP contribution in [-0.4, -0.2) is 48.6 Å². The number of urea groups is 1. The molecule has 9 heteroatoms. The van der Waals surface area contributed by atoms with Crippen molar-refractivity contribution >= 4 is 45.9 Å². The van der Waals surface area contributed by atoms with Gasteiger partial charge in [0, 0.05) is 48.3 Å². The molecule has 5 N–H and O–H groups in total. The molecule has 9 nitrogen and oxygen atoms in total. The van der Waals surface area contributed by atoms with Gasteiger partial charge in [-0.1, -0.05) is 0 Å². The molecular formula is C20H21N5O4. The number of anilines is 3. The van der Waals surface area contributed by atoms with Crippen LogP contribution in [0.1, 0.15) is 10.4 Å². The number of nitrogens with one attached hydrogen (secondary N) is 4. The average molecular weight is 395 g/mol. The van der Waals surface area contributed by atoms with Crippen LogP contribution in [0.2, 0.25) is 0 Å². The summed E-state index contributed by atoms with van der Waals surface area (Å²) >= 11 is 0. The smallest absolute Gasteiger partial charge is 0.337 e. The summed E-state index contributed by atoms with van der Waals surface area (Å²) in [6.07, 6.45) is 1.40. The zero-order chi connectivity index (χ0) is 21.0. The maximum Gasteiger partial charge on any atom is 0.337 e. The number of carbonyl (C=O) groups is 3. The minimum absolute atomic E-state index is 0.119. The number of rotatable bonds is 6. The van der Waals surface area contributed by atoms with E-state index in [2.05, 4.69) is 20.9 Å². The van der Waals surface area contributed by atoms with E-state index in [4.69, 9.17) is 0 Å². The Kier molecular flexibility index (Phi) is 5.68. The predicted octanol–water partition coefficient (Wildman–Crippen LogP) is 2.69. The molecule has 1 aromatic heterocycles. The van der Waals surface area contributed by atoms with Crippen LogP contribution in [0.15, 0.2) is 48.7 Å². The number of amides is 3. The summed E-state index contributed by atoms with van der Waals surface area (Å²) in [6.45, 7) is -0.238. The molecule has 2 aromatic carbocycles. The standard InChI is InChI=1S/C20H21N5O4/c1-25(2)14-6-3-12(4-7-14)24-20(29)22-11-18(26)23-13-5-8-17-15(9-13)16(10-21-17)19(27)28/h3-10,21H,11H2,1-2H3,(H,23,26)(H,27,28)(H2,22,24,29). The van der Waals surface area contributed by atoms with E-state index < -0.39 is 17.9 Å². The SMILES string of the molecule is CN(C)c1ccc(NC(=O)NCC(=O)Nc2ccc3[nH]cc(C(=O)O)c3c2)cc1. The van der Waals surface area contributed by atoms with Gasteiger partial charge in [-0.3, -0.25) is 4.79 Å². The summed E-state index contributed by atoms with van der Waals surface area (Å²) in [5, 5.41) is 17.4. The van der Waals surface area contributed by atoms with Crippen LogP contribution in [0.4, 0.5) is 21.9 Å². The Bertz CT molecular complexity index is 1060. The topological polar surface area (TPSA) is 127 Å². The lowest BCUT2D eigenvalue weighted by Gasteiger charge is -2.13. The highest BCUT2D eigenvalue weighted by atomic mass is 16.4. The Morgan fingerprint density at radius 1 is 1.00 bits per heavy atom. The maximum atomic E-state index is 12.1. The molecular weight excluding hydrogens is 374 g/mol. The molecule has 0 aliphatic carbocycles. The number of carboxylic acids is 1. The molecule has 0 atom stereocenters.